The van der Waals surface area contributed by atoms with Gasteiger partial charge in [0.25, 0.3) is 0 Å². The normalized spacial score (nSPS) is 34.4. The predicted molar refractivity (Wildman–Crippen MR) is 56.6 cm³/mol. The molecule has 2 bridgehead atoms. The second-order valence-corrected chi connectivity index (χ2v) is 4.77. The SMILES string of the molecule is CCC(C)C(=O)OC1CCC2CC1OC2=O. The third-order valence-corrected chi connectivity index (χ3v) is 3.61. The average Bonchev–Trinajstić information content (AvgIpc) is 2.58. The Hall–Kier alpha value is -1.06. The number of hydrogen-bond donors (Lipinski definition) is 0. The molecule has 90 valence electrons. The largest absolute Gasteiger partial charge is 0.458 e. The van der Waals surface area contributed by atoms with Gasteiger partial charge in [0.15, 0.2) is 0 Å². The van der Waals surface area contributed by atoms with Crippen LogP contribution < -0.4 is 0 Å². The highest BCUT2D eigenvalue weighted by atomic mass is 16.6. The molecule has 1 heterocycles. The van der Waals surface area contributed by atoms with Crippen LogP contribution in [-0.4, -0.2) is 24.1 Å². The van der Waals surface area contributed by atoms with Gasteiger partial charge < -0.3 is 9.47 Å². The first-order valence-electron chi connectivity index (χ1n) is 6.02. The molecule has 4 nitrogen and oxygen atoms in total. The van der Waals surface area contributed by atoms with E-state index in [1.54, 1.807) is 0 Å². The highest BCUT2D eigenvalue weighted by molar-refractivity contribution is 5.75. The summed E-state index contributed by atoms with van der Waals surface area (Å²) < 4.78 is 10.6. The molecule has 4 atom stereocenters. The fraction of sp³-hybridized carbons (Fsp3) is 0.833. The van der Waals surface area contributed by atoms with E-state index in [-0.39, 0.29) is 36.0 Å². The van der Waals surface area contributed by atoms with Crippen molar-refractivity contribution in [1.29, 1.82) is 0 Å². The lowest BCUT2D eigenvalue weighted by molar-refractivity contribution is -0.164. The van der Waals surface area contributed by atoms with Crippen molar-refractivity contribution in [3.05, 3.63) is 0 Å². The van der Waals surface area contributed by atoms with Crippen LogP contribution in [0.1, 0.15) is 39.5 Å². The highest BCUT2D eigenvalue weighted by Crippen LogP contribution is 2.36. The molecule has 4 unspecified atom stereocenters. The van der Waals surface area contributed by atoms with Crippen LogP contribution in [0.15, 0.2) is 0 Å². The smallest absolute Gasteiger partial charge is 0.309 e. The highest BCUT2D eigenvalue weighted by Gasteiger charge is 2.45. The Labute approximate surface area is 95.3 Å². The van der Waals surface area contributed by atoms with Crippen molar-refractivity contribution in [1.82, 2.24) is 0 Å². The van der Waals surface area contributed by atoms with Crippen LogP contribution in [0.4, 0.5) is 0 Å². The maximum absolute atomic E-state index is 11.6. The zero-order chi connectivity index (χ0) is 11.7. The van der Waals surface area contributed by atoms with Gasteiger partial charge in [-0.2, -0.15) is 0 Å². The second kappa shape index (κ2) is 4.44. The van der Waals surface area contributed by atoms with Crippen molar-refractivity contribution in [3.8, 4) is 0 Å². The minimum atomic E-state index is -0.218. The molecule has 0 aromatic rings. The Balaban J connectivity index is 1.92. The van der Waals surface area contributed by atoms with Gasteiger partial charge in [-0.05, 0) is 19.3 Å². The molecule has 1 aliphatic carbocycles. The first kappa shape index (κ1) is 11.4. The number of rotatable bonds is 3. The quantitative estimate of drug-likeness (QED) is 0.687. The monoisotopic (exact) mass is 226 g/mol. The summed E-state index contributed by atoms with van der Waals surface area (Å²) in [6, 6.07) is 0. The van der Waals surface area contributed by atoms with Crippen molar-refractivity contribution < 1.29 is 19.1 Å². The van der Waals surface area contributed by atoms with Crippen molar-refractivity contribution >= 4 is 11.9 Å². The summed E-state index contributed by atoms with van der Waals surface area (Å²) >= 11 is 0. The van der Waals surface area contributed by atoms with E-state index in [2.05, 4.69) is 0 Å². The third-order valence-electron chi connectivity index (χ3n) is 3.61. The van der Waals surface area contributed by atoms with Gasteiger partial charge in [-0.3, -0.25) is 9.59 Å². The molecule has 2 aliphatic rings. The third kappa shape index (κ3) is 2.06. The molecule has 1 saturated heterocycles. The molecule has 0 N–H and O–H groups in total. The first-order chi connectivity index (χ1) is 7.61. The van der Waals surface area contributed by atoms with E-state index in [1.807, 2.05) is 13.8 Å². The Morgan fingerprint density at radius 3 is 3.00 bits per heavy atom. The van der Waals surface area contributed by atoms with Gasteiger partial charge in [0.05, 0.1) is 11.8 Å². The summed E-state index contributed by atoms with van der Waals surface area (Å²) in [7, 11) is 0. The fourth-order valence-electron chi connectivity index (χ4n) is 2.25. The minimum absolute atomic E-state index is 0.0450. The van der Waals surface area contributed by atoms with Gasteiger partial charge in [0.2, 0.25) is 0 Å². The van der Waals surface area contributed by atoms with Gasteiger partial charge in [-0.25, -0.2) is 0 Å². The summed E-state index contributed by atoms with van der Waals surface area (Å²) in [5.41, 5.74) is 0. The lowest BCUT2D eigenvalue weighted by atomic mass is 9.88. The first-order valence-corrected chi connectivity index (χ1v) is 6.02. The molecule has 4 heteroatoms. The maximum Gasteiger partial charge on any atom is 0.309 e. The van der Waals surface area contributed by atoms with Crippen molar-refractivity contribution in [3.63, 3.8) is 0 Å². The van der Waals surface area contributed by atoms with Crippen molar-refractivity contribution in [2.24, 2.45) is 11.8 Å². The summed E-state index contributed by atoms with van der Waals surface area (Å²) in [6.07, 6.45) is 2.62. The van der Waals surface area contributed by atoms with Crippen LogP contribution in [0, 0.1) is 11.8 Å². The lowest BCUT2D eigenvalue weighted by Crippen LogP contribution is -2.35. The van der Waals surface area contributed by atoms with Crippen molar-refractivity contribution in [2.75, 3.05) is 0 Å². The molecule has 0 aromatic carbocycles. The number of esters is 2. The Kier molecular flexibility index (Phi) is 3.17. The van der Waals surface area contributed by atoms with E-state index in [0.29, 0.717) is 0 Å². The number of hydrogen-bond acceptors (Lipinski definition) is 4. The van der Waals surface area contributed by atoms with E-state index < -0.39 is 0 Å². The molecule has 0 radical (unpaired) electrons. The van der Waals surface area contributed by atoms with E-state index in [0.717, 1.165) is 25.7 Å². The number of carbonyl (C=O) groups is 2. The molecule has 16 heavy (non-hydrogen) atoms. The van der Waals surface area contributed by atoms with Crippen molar-refractivity contribution in [2.45, 2.75) is 51.7 Å². The Morgan fingerprint density at radius 2 is 2.31 bits per heavy atom. The zero-order valence-electron chi connectivity index (χ0n) is 9.77. The standard InChI is InChI=1S/C12H18O4/c1-3-7(2)11(13)15-9-5-4-8-6-10(9)16-12(8)14/h7-10H,3-6H2,1-2H3. The lowest BCUT2D eigenvalue weighted by Gasteiger charge is -2.26. The number of fused-ring (bicyclic) bond motifs is 2. The molecule has 0 spiro atoms. The van der Waals surface area contributed by atoms with E-state index >= 15 is 0 Å². The molecule has 2 fully saturated rings. The fourth-order valence-corrected chi connectivity index (χ4v) is 2.25. The minimum Gasteiger partial charge on any atom is -0.458 e. The summed E-state index contributed by atoms with van der Waals surface area (Å²) in [6.45, 7) is 3.81. The molecule has 0 amide bonds. The second-order valence-electron chi connectivity index (χ2n) is 4.77. The zero-order valence-corrected chi connectivity index (χ0v) is 9.77. The van der Waals surface area contributed by atoms with Crippen LogP contribution in [0.2, 0.25) is 0 Å². The van der Waals surface area contributed by atoms with Crippen LogP contribution in [0.5, 0.6) is 0 Å². The molecule has 1 saturated carbocycles. The van der Waals surface area contributed by atoms with Gasteiger partial charge in [-0.15, -0.1) is 0 Å². The molecular weight excluding hydrogens is 208 g/mol. The van der Waals surface area contributed by atoms with Crippen LogP contribution in [-0.2, 0) is 19.1 Å². The van der Waals surface area contributed by atoms with Gasteiger partial charge in [0.1, 0.15) is 12.2 Å². The van der Waals surface area contributed by atoms with Gasteiger partial charge in [-0.1, -0.05) is 13.8 Å². The topological polar surface area (TPSA) is 52.6 Å². The summed E-state index contributed by atoms with van der Waals surface area (Å²) in [5, 5.41) is 0. The Bertz CT molecular complexity index is 299. The predicted octanol–water partition coefficient (Wildman–Crippen LogP) is 1.67. The number of ether oxygens (including phenoxy) is 2. The number of carbonyl (C=O) groups excluding carboxylic acids is 2. The van der Waals surface area contributed by atoms with Gasteiger partial charge >= 0.3 is 11.9 Å². The van der Waals surface area contributed by atoms with Crippen LogP contribution in [0.3, 0.4) is 0 Å². The molecule has 1 aliphatic heterocycles. The maximum atomic E-state index is 11.6. The molecular formula is C12H18O4. The van der Waals surface area contributed by atoms with Crippen LogP contribution in [0.25, 0.3) is 0 Å². The summed E-state index contributed by atoms with van der Waals surface area (Å²) in [5.74, 6) is -0.320. The van der Waals surface area contributed by atoms with E-state index in [9.17, 15) is 9.59 Å². The van der Waals surface area contributed by atoms with E-state index in [1.165, 1.54) is 0 Å². The van der Waals surface area contributed by atoms with Crippen LogP contribution >= 0.6 is 0 Å². The molecule has 0 aromatic heterocycles. The summed E-state index contributed by atoms with van der Waals surface area (Å²) in [4.78, 5) is 23.0. The Morgan fingerprint density at radius 1 is 1.56 bits per heavy atom. The average molecular weight is 226 g/mol. The van der Waals surface area contributed by atoms with E-state index in [4.69, 9.17) is 9.47 Å². The van der Waals surface area contributed by atoms with Gasteiger partial charge in [0, 0.05) is 6.42 Å². The molecule has 2 rings (SSSR count).